The Morgan fingerprint density at radius 1 is 1.31 bits per heavy atom. The molecule has 1 fully saturated rings. The maximum atomic E-state index is 13.9. The van der Waals surface area contributed by atoms with Crippen LogP contribution in [0.15, 0.2) is 18.2 Å². The van der Waals surface area contributed by atoms with Crippen molar-refractivity contribution in [3.05, 3.63) is 29.6 Å². The Morgan fingerprint density at radius 3 is 2.56 bits per heavy atom. The summed E-state index contributed by atoms with van der Waals surface area (Å²) >= 11 is 0. The number of anilines is 1. The number of hydrogen-bond acceptors (Lipinski definition) is 2. The van der Waals surface area contributed by atoms with E-state index in [0.29, 0.717) is 0 Å². The summed E-state index contributed by atoms with van der Waals surface area (Å²) in [5, 5.41) is 3.12. The molecule has 0 amide bonds. The maximum Gasteiger partial charge on any atom is 0.146 e. The quantitative estimate of drug-likeness (QED) is 0.846. The SMILES string of the molecule is CNC(C)c1ccc(N2CCCC2)c(F)c1. The number of hydrogen-bond donors (Lipinski definition) is 1. The first kappa shape index (κ1) is 11.4. The molecule has 88 valence electrons. The Morgan fingerprint density at radius 2 is 2.00 bits per heavy atom. The van der Waals surface area contributed by atoms with Gasteiger partial charge in [-0.2, -0.15) is 0 Å². The van der Waals surface area contributed by atoms with Gasteiger partial charge in [0.05, 0.1) is 5.69 Å². The second-order valence-electron chi connectivity index (χ2n) is 4.42. The molecule has 1 saturated heterocycles. The monoisotopic (exact) mass is 222 g/mol. The average molecular weight is 222 g/mol. The standard InChI is InChI=1S/C13H19FN2/c1-10(15-2)11-5-6-13(12(14)9-11)16-7-3-4-8-16/h5-6,9-10,15H,3-4,7-8H2,1-2H3. The lowest BCUT2D eigenvalue weighted by Crippen LogP contribution is -2.19. The molecule has 1 unspecified atom stereocenters. The molecule has 0 saturated carbocycles. The summed E-state index contributed by atoms with van der Waals surface area (Å²) in [6.07, 6.45) is 2.35. The summed E-state index contributed by atoms with van der Waals surface area (Å²) in [5.74, 6) is -0.0958. The Kier molecular flexibility index (Phi) is 3.44. The number of nitrogens with one attached hydrogen (secondary N) is 1. The van der Waals surface area contributed by atoms with Crippen LogP contribution >= 0.6 is 0 Å². The van der Waals surface area contributed by atoms with E-state index < -0.39 is 0 Å². The van der Waals surface area contributed by atoms with Crippen LogP contribution in [0, 0.1) is 5.82 Å². The van der Waals surface area contributed by atoms with Crippen LogP contribution in [0.3, 0.4) is 0 Å². The molecule has 1 aliphatic heterocycles. The molecule has 0 aromatic heterocycles. The van der Waals surface area contributed by atoms with E-state index in [1.54, 1.807) is 6.07 Å². The molecule has 1 aliphatic rings. The topological polar surface area (TPSA) is 15.3 Å². The van der Waals surface area contributed by atoms with E-state index in [1.807, 2.05) is 26.1 Å². The first-order chi connectivity index (χ1) is 7.72. The van der Waals surface area contributed by atoms with Gasteiger partial charge in [-0.1, -0.05) is 6.07 Å². The molecule has 0 aliphatic carbocycles. The first-order valence-electron chi connectivity index (χ1n) is 5.94. The lowest BCUT2D eigenvalue weighted by molar-refractivity contribution is 0.605. The Hall–Kier alpha value is -1.09. The molecule has 16 heavy (non-hydrogen) atoms. The average Bonchev–Trinajstić information content (AvgIpc) is 2.81. The Balaban J connectivity index is 2.22. The van der Waals surface area contributed by atoms with Crippen LogP contribution in [-0.2, 0) is 0 Å². The van der Waals surface area contributed by atoms with Crippen LogP contribution in [-0.4, -0.2) is 20.1 Å². The minimum Gasteiger partial charge on any atom is -0.369 e. The third-order valence-electron chi connectivity index (χ3n) is 3.35. The van der Waals surface area contributed by atoms with Gasteiger partial charge in [-0.15, -0.1) is 0 Å². The van der Waals surface area contributed by atoms with Crippen molar-refractivity contribution in [2.75, 3.05) is 25.0 Å². The third-order valence-corrected chi connectivity index (χ3v) is 3.35. The van der Waals surface area contributed by atoms with Crippen LogP contribution < -0.4 is 10.2 Å². The lowest BCUT2D eigenvalue weighted by atomic mass is 10.1. The van der Waals surface area contributed by atoms with Crippen LogP contribution in [0.4, 0.5) is 10.1 Å². The summed E-state index contributed by atoms with van der Waals surface area (Å²) in [7, 11) is 1.89. The van der Waals surface area contributed by atoms with Crippen molar-refractivity contribution in [1.29, 1.82) is 0 Å². The molecule has 0 radical (unpaired) electrons. The minimum absolute atomic E-state index is 0.0958. The molecule has 0 bridgehead atoms. The van der Waals surface area contributed by atoms with Crippen molar-refractivity contribution in [2.45, 2.75) is 25.8 Å². The fraction of sp³-hybridized carbons (Fsp3) is 0.538. The van der Waals surface area contributed by atoms with E-state index in [9.17, 15) is 4.39 Å². The number of rotatable bonds is 3. The summed E-state index contributed by atoms with van der Waals surface area (Å²) in [6, 6.07) is 5.76. The summed E-state index contributed by atoms with van der Waals surface area (Å²) in [6.45, 7) is 4.00. The zero-order valence-corrected chi connectivity index (χ0v) is 9.96. The zero-order valence-electron chi connectivity index (χ0n) is 9.96. The van der Waals surface area contributed by atoms with Crippen molar-refractivity contribution < 1.29 is 4.39 Å². The van der Waals surface area contributed by atoms with Gasteiger partial charge in [0.25, 0.3) is 0 Å². The van der Waals surface area contributed by atoms with Gasteiger partial charge in [0.15, 0.2) is 0 Å². The molecule has 1 aromatic carbocycles. The lowest BCUT2D eigenvalue weighted by Gasteiger charge is -2.20. The molecule has 0 spiro atoms. The van der Waals surface area contributed by atoms with Crippen LogP contribution in [0.25, 0.3) is 0 Å². The molecule has 1 aromatic rings. The molecule has 2 nitrogen and oxygen atoms in total. The van der Waals surface area contributed by atoms with Gasteiger partial charge in [0.2, 0.25) is 0 Å². The highest BCUT2D eigenvalue weighted by atomic mass is 19.1. The normalized spacial score (nSPS) is 17.8. The zero-order chi connectivity index (χ0) is 11.5. The fourth-order valence-corrected chi connectivity index (χ4v) is 2.17. The van der Waals surface area contributed by atoms with Gasteiger partial charge >= 0.3 is 0 Å². The number of nitrogens with zero attached hydrogens (tertiary/aromatic N) is 1. The predicted molar refractivity (Wildman–Crippen MR) is 65.3 cm³/mol. The summed E-state index contributed by atoms with van der Waals surface area (Å²) < 4.78 is 13.9. The van der Waals surface area contributed by atoms with Crippen molar-refractivity contribution >= 4 is 5.69 Å². The van der Waals surface area contributed by atoms with Gasteiger partial charge in [-0.3, -0.25) is 0 Å². The van der Waals surface area contributed by atoms with Gasteiger partial charge in [-0.25, -0.2) is 4.39 Å². The molecular weight excluding hydrogens is 203 g/mol. The largest absolute Gasteiger partial charge is 0.369 e. The molecule has 1 heterocycles. The second-order valence-corrected chi connectivity index (χ2v) is 4.42. The van der Waals surface area contributed by atoms with Crippen LogP contribution in [0.5, 0.6) is 0 Å². The van der Waals surface area contributed by atoms with Crippen LogP contribution in [0.1, 0.15) is 31.4 Å². The molecule has 3 heteroatoms. The van der Waals surface area contributed by atoms with E-state index in [4.69, 9.17) is 0 Å². The van der Waals surface area contributed by atoms with Crippen molar-refractivity contribution in [2.24, 2.45) is 0 Å². The second kappa shape index (κ2) is 4.83. The summed E-state index contributed by atoms with van der Waals surface area (Å²) in [4.78, 5) is 2.13. The van der Waals surface area contributed by atoms with Gasteiger partial charge < -0.3 is 10.2 Å². The highest BCUT2D eigenvalue weighted by molar-refractivity contribution is 5.50. The number of benzene rings is 1. The molecule has 1 atom stereocenters. The summed E-state index contributed by atoms with van der Waals surface area (Å²) in [5.41, 5.74) is 1.76. The minimum atomic E-state index is -0.0958. The fourth-order valence-electron chi connectivity index (χ4n) is 2.17. The predicted octanol–water partition coefficient (Wildman–Crippen LogP) is 2.71. The molecular formula is C13H19FN2. The van der Waals surface area contributed by atoms with E-state index in [0.717, 1.165) is 24.3 Å². The third kappa shape index (κ3) is 2.19. The van der Waals surface area contributed by atoms with E-state index >= 15 is 0 Å². The van der Waals surface area contributed by atoms with E-state index in [-0.39, 0.29) is 11.9 Å². The Bertz CT molecular complexity index is 359. The van der Waals surface area contributed by atoms with Gasteiger partial charge in [0, 0.05) is 19.1 Å². The van der Waals surface area contributed by atoms with Crippen molar-refractivity contribution in [1.82, 2.24) is 5.32 Å². The highest BCUT2D eigenvalue weighted by Gasteiger charge is 2.16. The number of halogens is 1. The first-order valence-corrected chi connectivity index (χ1v) is 5.94. The van der Waals surface area contributed by atoms with Crippen molar-refractivity contribution in [3.8, 4) is 0 Å². The molecule has 2 rings (SSSR count). The van der Waals surface area contributed by atoms with E-state index in [1.165, 1.54) is 12.8 Å². The Labute approximate surface area is 96.5 Å². The van der Waals surface area contributed by atoms with Crippen molar-refractivity contribution in [3.63, 3.8) is 0 Å². The van der Waals surface area contributed by atoms with Gasteiger partial charge in [0.1, 0.15) is 5.82 Å². The molecule has 1 N–H and O–H groups in total. The van der Waals surface area contributed by atoms with Gasteiger partial charge in [-0.05, 0) is 44.5 Å². The van der Waals surface area contributed by atoms with Crippen LogP contribution in [0.2, 0.25) is 0 Å². The highest BCUT2D eigenvalue weighted by Crippen LogP contribution is 2.26. The van der Waals surface area contributed by atoms with E-state index in [2.05, 4.69) is 10.2 Å². The maximum absolute atomic E-state index is 13.9. The smallest absolute Gasteiger partial charge is 0.146 e.